The summed E-state index contributed by atoms with van der Waals surface area (Å²) in [6.07, 6.45) is 0. The van der Waals surface area contributed by atoms with Crippen molar-refractivity contribution in [2.24, 2.45) is 0 Å². The number of hydrogen-bond acceptors (Lipinski definition) is 5. The van der Waals surface area contributed by atoms with E-state index in [9.17, 15) is 0 Å². The van der Waals surface area contributed by atoms with Gasteiger partial charge in [-0.1, -0.05) is 97.1 Å². The SMILES string of the molecule is c1ccc2c(c1)oc1ccc(-c3ccc(-c4nc(-n5c6ccc7sc8ccc9c%10ccccc%10n%10c%11cccc5c%11c6c7c8c9%10)nc5sc6ccccc6c45)cc3)cc12. The summed E-state index contributed by atoms with van der Waals surface area (Å²) < 4.78 is 14.8. The van der Waals surface area contributed by atoms with Gasteiger partial charge in [0.25, 0.3) is 0 Å². The fourth-order valence-electron chi connectivity index (χ4n) is 10.2. The van der Waals surface area contributed by atoms with Crippen LogP contribution in [0.4, 0.5) is 0 Å². The standard InChI is InChI=1S/C52H26N4OS2/c1-4-11-35-30(8-1)32-21-24-43-48-47-42(58-43)25-22-38-46(47)45-36(55(35)50(32)48)12-7-13-37(45)56(38)52-53-49(44-33-10-3-6-15-41(33)59-51(44)54-52)28-18-16-27(17-19-28)29-20-23-40-34(26-29)31-9-2-5-14-39(31)57-40/h1-26H. The molecule has 0 aliphatic rings. The lowest BCUT2D eigenvalue weighted by molar-refractivity contribution is 0.669. The van der Waals surface area contributed by atoms with E-state index in [4.69, 9.17) is 14.4 Å². The Hall–Kier alpha value is -7.32. The lowest BCUT2D eigenvalue weighted by Gasteiger charge is -2.11. The van der Waals surface area contributed by atoms with E-state index in [2.05, 4.69) is 155 Å². The van der Waals surface area contributed by atoms with Crippen LogP contribution < -0.4 is 0 Å². The van der Waals surface area contributed by atoms with Crippen LogP contribution >= 0.6 is 22.7 Å². The van der Waals surface area contributed by atoms with Gasteiger partial charge in [0.1, 0.15) is 16.0 Å². The molecule has 8 aromatic carbocycles. The summed E-state index contributed by atoms with van der Waals surface area (Å²) >= 11 is 3.62. The first-order chi connectivity index (χ1) is 29.2. The van der Waals surface area contributed by atoms with E-state index in [-0.39, 0.29) is 0 Å². The van der Waals surface area contributed by atoms with E-state index in [1.165, 1.54) is 68.4 Å². The molecule has 15 aromatic rings. The van der Waals surface area contributed by atoms with E-state index in [1.54, 1.807) is 11.3 Å². The molecule has 0 N–H and O–H groups in total. The van der Waals surface area contributed by atoms with Gasteiger partial charge in [-0.05, 0) is 71.8 Å². The molecule has 5 nitrogen and oxygen atoms in total. The maximum absolute atomic E-state index is 6.14. The summed E-state index contributed by atoms with van der Waals surface area (Å²) in [5, 5.41) is 12.3. The van der Waals surface area contributed by atoms with Crippen molar-refractivity contribution in [2.75, 3.05) is 0 Å². The van der Waals surface area contributed by atoms with Crippen molar-refractivity contribution < 1.29 is 4.42 Å². The predicted octanol–water partition coefficient (Wildman–Crippen LogP) is 15.0. The average Bonchev–Trinajstić information content (AvgIpc) is 4.08. The molecule has 0 saturated heterocycles. The number of aromatic nitrogens is 4. The fraction of sp³-hybridized carbons (Fsp3) is 0. The first-order valence-corrected chi connectivity index (χ1v) is 21.5. The van der Waals surface area contributed by atoms with Crippen molar-refractivity contribution in [3.63, 3.8) is 0 Å². The molecule has 0 aliphatic heterocycles. The Morgan fingerprint density at radius 1 is 0.407 bits per heavy atom. The largest absolute Gasteiger partial charge is 0.456 e. The quantitative estimate of drug-likeness (QED) is 0.179. The molecule has 15 rings (SSSR count). The fourth-order valence-corrected chi connectivity index (χ4v) is 12.4. The van der Waals surface area contributed by atoms with Crippen molar-refractivity contribution in [2.45, 2.75) is 0 Å². The second kappa shape index (κ2) is 10.8. The first-order valence-electron chi connectivity index (χ1n) is 19.8. The van der Waals surface area contributed by atoms with Crippen molar-refractivity contribution in [1.82, 2.24) is 18.9 Å². The van der Waals surface area contributed by atoms with Crippen molar-refractivity contribution >= 4 is 134 Å². The van der Waals surface area contributed by atoms with Gasteiger partial charge in [0, 0.05) is 73.5 Å². The zero-order chi connectivity index (χ0) is 38.1. The molecular weight excluding hydrogens is 761 g/mol. The monoisotopic (exact) mass is 786 g/mol. The van der Waals surface area contributed by atoms with Gasteiger partial charge in [-0.15, -0.1) is 22.7 Å². The molecule has 272 valence electrons. The molecule has 0 atom stereocenters. The summed E-state index contributed by atoms with van der Waals surface area (Å²) in [7, 11) is 0. The highest BCUT2D eigenvalue weighted by atomic mass is 32.1. The third-order valence-corrected chi connectivity index (χ3v) is 14.9. The molecule has 0 aliphatic carbocycles. The van der Waals surface area contributed by atoms with Crippen molar-refractivity contribution in [1.29, 1.82) is 0 Å². The van der Waals surface area contributed by atoms with Crippen LogP contribution in [0, 0.1) is 0 Å². The van der Waals surface area contributed by atoms with E-state index < -0.39 is 0 Å². The van der Waals surface area contributed by atoms with Gasteiger partial charge < -0.3 is 8.82 Å². The Morgan fingerprint density at radius 3 is 2.05 bits per heavy atom. The lowest BCUT2D eigenvalue weighted by Crippen LogP contribution is -2.02. The van der Waals surface area contributed by atoms with Gasteiger partial charge in [-0.2, -0.15) is 0 Å². The van der Waals surface area contributed by atoms with E-state index in [0.717, 1.165) is 65.6 Å². The van der Waals surface area contributed by atoms with Crippen LogP contribution in [0.3, 0.4) is 0 Å². The Balaban J connectivity index is 1.01. The lowest BCUT2D eigenvalue weighted by atomic mass is 9.99. The van der Waals surface area contributed by atoms with Gasteiger partial charge in [-0.25, -0.2) is 9.97 Å². The van der Waals surface area contributed by atoms with Crippen LogP contribution in [-0.2, 0) is 0 Å². The number of fused-ring (bicyclic) bond motifs is 10. The molecule has 0 fully saturated rings. The topological polar surface area (TPSA) is 48.3 Å². The van der Waals surface area contributed by atoms with Crippen LogP contribution in [0.25, 0.3) is 140 Å². The molecule has 7 aromatic heterocycles. The van der Waals surface area contributed by atoms with Crippen LogP contribution in [0.2, 0.25) is 0 Å². The van der Waals surface area contributed by atoms with Crippen LogP contribution in [0.1, 0.15) is 0 Å². The molecule has 0 radical (unpaired) electrons. The average molecular weight is 787 g/mol. The minimum absolute atomic E-state index is 0.680. The van der Waals surface area contributed by atoms with E-state index in [1.807, 2.05) is 23.5 Å². The smallest absolute Gasteiger partial charge is 0.236 e. The van der Waals surface area contributed by atoms with Gasteiger partial charge in [-0.3, -0.25) is 4.57 Å². The number of para-hydroxylation sites is 2. The summed E-state index contributed by atoms with van der Waals surface area (Å²) in [4.78, 5) is 12.0. The van der Waals surface area contributed by atoms with Crippen LogP contribution in [-0.4, -0.2) is 18.9 Å². The number of hydrogen-bond donors (Lipinski definition) is 0. The number of rotatable bonds is 3. The minimum atomic E-state index is 0.680. The second-order valence-corrected chi connectivity index (χ2v) is 17.8. The number of benzene rings is 8. The maximum Gasteiger partial charge on any atom is 0.236 e. The Labute approximate surface area is 341 Å². The number of nitrogens with zero attached hydrogens (tertiary/aromatic N) is 4. The van der Waals surface area contributed by atoms with E-state index >= 15 is 0 Å². The Morgan fingerprint density at radius 2 is 1.12 bits per heavy atom. The zero-order valence-electron chi connectivity index (χ0n) is 31.0. The van der Waals surface area contributed by atoms with Gasteiger partial charge >= 0.3 is 0 Å². The van der Waals surface area contributed by atoms with Crippen molar-refractivity contribution in [3.8, 4) is 28.3 Å². The van der Waals surface area contributed by atoms with Crippen molar-refractivity contribution in [3.05, 3.63) is 158 Å². The second-order valence-electron chi connectivity index (χ2n) is 15.7. The van der Waals surface area contributed by atoms with Gasteiger partial charge in [0.15, 0.2) is 0 Å². The molecule has 0 bridgehead atoms. The molecule has 0 amide bonds. The van der Waals surface area contributed by atoms with Crippen LogP contribution in [0.5, 0.6) is 0 Å². The number of thiophene rings is 2. The first kappa shape index (κ1) is 30.8. The Bertz CT molecular complexity index is 4250. The molecule has 59 heavy (non-hydrogen) atoms. The summed E-state index contributed by atoms with van der Waals surface area (Å²) in [6.45, 7) is 0. The van der Waals surface area contributed by atoms with Gasteiger partial charge in [0.05, 0.1) is 33.3 Å². The minimum Gasteiger partial charge on any atom is -0.456 e. The van der Waals surface area contributed by atoms with Crippen LogP contribution in [0.15, 0.2) is 162 Å². The highest BCUT2D eigenvalue weighted by molar-refractivity contribution is 7.26. The molecule has 0 unspecified atom stereocenters. The summed E-state index contributed by atoms with van der Waals surface area (Å²) in [5.74, 6) is 0.680. The molecular formula is C52H26N4OS2. The third kappa shape index (κ3) is 3.85. The highest BCUT2D eigenvalue weighted by Crippen LogP contribution is 2.50. The zero-order valence-corrected chi connectivity index (χ0v) is 32.7. The Kier molecular flexibility index (Phi) is 5.63. The van der Waals surface area contributed by atoms with Gasteiger partial charge in [0.2, 0.25) is 5.95 Å². The molecule has 0 spiro atoms. The molecule has 0 saturated carbocycles. The summed E-state index contributed by atoms with van der Waals surface area (Å²) in [5.41, 5.74) is 12.0. The predicted molar refractivity (Wildman–Crippen MR) is 249 cm³/mol. The normalized spacial score (nSPS) is 12.7. The number of furan rings is 1. The summed E-state index contributed by atoms with van der Waals surface area (Å²) in [6, 6.07) is 57.1. The maximum atomic E-state index is 6.14. The third-order valence-electron chi connectivity index (χ3n) is 12.7. The molecule has 7 heteroatoms. The molecule has 7 heterocycles. The van der Waals surface area contributed by atoms with E-state index in [0.29, 0.717) is 5.95 Å². The highest BCUT2D eigenvalue weighted by Gasteiger charge is 2.27.